The standard InChI is InChI=1S/C12H15N5/c13-5-4-9-2-1-3-10(6-9)17-11-7-15-12(14)16-8-11/h1-3,6-8,17H,4-5,13H2,(H2,14,15,16). The van der Waals surface area contributed by atoms with Crippen LogP contribution < -0.4 is 16.8 Å². The number of nitrogens with two attached hydrogens (primary N) is 2. The minimum absolute atomic E-state index is 0.271. The zero-order valence-corrected chi connectivity index (χ0v) is 9.43. The zero-order chi connectivity index (χ0) is 12.1. The Morgan fingerprint density at radius 3 is 2.59 bits per heavy atom. The second-order valence-corrected chi connectivity index (χ2v) is 3.69. The summed E-state index contributed by atoms with van der Waals surface area (Å²) in [6.07, 6.45) is 4.17. The van der Waals surface area contributed by atoms with Gasteiger partial charge in [0.1, 0.15) is 0 Å². The number of benzene rings is 1. The van der Waals surface area contributed by atoms with Crippen molar-refractivity contribution in [1.82, 2.24) is 9.97 Å². The van der Waals surface area contributed by atoms with Gasteiger partial charge in [0.2, 0.25) is 5.95 Å². The lowest BCUT2D eigenvalue weighted by Crippen LogP contribution is -2.03. The Morgan fingerprint density at radius 1 is 1.12 bits per heavy atom. The van der Waals surface area contributed by atoms with E-state index >= 15 is 0 Å². The molecule has 0 radical (unpaired) electrons. The summed E-state index contributed by atoms with van der Waals surface area (Å²) in [5.74, 6) is 0.271. The molecule has 1 heterocycles. The molecule has 0 atom stereocenters. The van der Waals surface area contributed by atoms with Crippen LogP contribution in [0.2, 0.25) is 0 Å². The van der Waals surface area contributed by atoms with E-state index in [1.54, 1.807) is 12.4 Å². The first-order valence-corrected chi connectivity index (χ1v) is 5.41. The molecule has 0 aliphatic rings. The summed E-state index contributed by atoms with van der Waals surface area (Å²) in [5.41, 5.74) is 13.9. The minimum atomic E-state index is 0.271. The lowest BCUT2D eigenvalue weighted by molar-refractivity contribution is 0.969. The van der Waals surface area contributed by atoms with Gasteiger partial charge in [-0.05, 0) is 30.7 Å². The highest BCUT2D eigenvalue weighted by Gasteiger charge is 1.97. The highest BCUT2D eigenvalue weighted by molar-refractivity contribution is 5.58. The van der Waals surface area contributed by atoms with Crippen LogP contribution in [0.25, 0.3) is 0 Å². The third-order valence-corrected chi connectivity index (χ3v) is 2.32. The molecule has 2 rings (SSSR count). The summed E-state index contributed by atoms with van der Waals surface area (Å²) in [6.45, 7) is 0.647. The second kappa shape index (κ2) is 5.27. The molecule has 5 N–H and O–H groups in total. The van der Waals surface area contributed by atoms with Gasteiger partial charge in [-0.15, -0.1) is 0 Å². The van der Waals surface area contributed by atoms with E-state index < -0.39 is 0 Å². The molecule has 0 unspecified atom stereocenters. The maximum atomic E-state index is 5.53. The number of nitrogens with zero attached hydrogens (tertiary/aromatic N) is 2. The average Bonchev–Trinajstić information content (AvgIpc) is 2.33. The summed E-state index contributed by atoms with van der Waals surface area (Å²) in [4.78, 5) is 7.84. The van der Waals surface area contributed by atoms with Crippen LogP contribution in [0.4, 0.5) is 17.3 Å². The van der Waals surface area contributed by atoms with Crippen molar-refractivity contribution < 1.29 is 0 Å². The molecule has 0 aliphatic heterocycles. The van der Waals surface area contributed by atoms with Crippen LogP contribution in [0.15, 0.2) is 36.7 Å². The SMILES string of the molecule is NCCc1cccc(Nc2cnc(N)nc2)c1. The number of rotatable bonds is 4. The molecule has 0 bridgehead atoms. The topological polar surface area (TPSA) is 89.8 Å². The van der Waals surface area contributed by atoms with Crippen molar-refractivity contribution in [3.8, 4) is 0 Å². The molecule has 0 fully saturated rings. The average molecular weight is 229 g/mol. The Morgan fingerprint density at radius 2 is 1.88 bits per heavy atom. The lowest BCUT2D eigenvalue weighted by Gasteiger charge is -2.07. The van der Waals surface area contributed by atoms with Crippen LogP contribution in [0.5, 0.6) is 0 Å². The number of nitrogens with one attached hydrogen (secondary N) is 1. The largest absolute Gasteiger partial charge is 0.368 e. The lowest BCUT2D eigenvalue weighted by atomic mass is 10.1. The van der Waals surface area contributed by atoms with Crippen LogP contribution in [0, 0.1) is 0 Å². The molecule has 0 spiro atoms. The third-order valence-electron chi connectivity index (χ3n) is 2.32. The van der Waals surface area contributed by atoms with Crippen molar-refractivity contribution in [2.75, 3.05) is 17.6 Å². The second-order valence-electron chi connectivity index (χ2n) is 3.69. The van der Waals surface area contributed by atoms with Crippen molar-refractivity contribution in [3.63, 3.8) is 0 Å². The van der Waals surface area contributed by atoms with Crippen LogP contribution in [-0.2, 0) is 6.42 Å². The summed E-state index contributed by atoms with van der Waals surface area (Å²) < 4.78 is 0. The van der Waals surface area contributed by atoms with Crippen LogP contribution in [0.3, 0.4) is 0 Å². The zero-order valence-electron chi connectivity index (χ0n) is 9.43. The normalized spacial score (nSPS) is 10.2. The van der Waals surface area contributed by atoms with Gasteiger partial charge >= 0.3 is 0 Å². The van der Waals surface area contributed by atoms with E-state index in [-0.39, 0.29) is 5.95 Å². The molecule has 5 nitrogen and oxygen atoms in total. The predicted octanol–water partition coefficient (Wildman–Crippen LogP) is 1.30. The third kappa shape index (κ3) is 3.15. The molecule has 0 amide bonds. The molecular weight excluding hydrogens is 214 g/mol. The maximum Gasteiger partial charge on any atom is 0.220 e. The fraction of sp³-hybridized carbons (Fsp3) is 0.167. The summed E-state index contributed by atoms with van der Waals surface area (Å²) >= 11 is 0. The molecule has 5 heteroatoms. The van der Waals surface area contributed by atoms with Crippen molar-refractivity contribution >= 4 is 17.3 Å². The predicted molar refractivity (Wildman–Crippen MR) is 68.9 cm³/mol. The van der Waals surface area contributed by atoms with Crippen molar-refractivity contribution in [3.05, 3.63) is 42.2 Å². The van der Waals surface area contributed by atoms with Crippen LogP contribution in [0.1, 0.15) is 5.56 Å². The van der Waals surface area contributed by atoms with Crippen LogP contribution in [-0.4, -0.2) is 16.5 Å². The molecular formula is C12H15N5. The number of nitrogen functional groups attached to an aromatic ring is 1. The van der Waals surface area contributed by atoms with E-state index in [0.717, 1.165) is 17.8 Å². The van der Waals surface area contributed by atoms with Gasteiger partial charge in [0.25, 0.3) is 0 Å². The molecule has 0 saturated carbocycles. The Labute approximate surface area is 99.9 Å². The van der Waals surface area contributed by atoms with Crippen molar-refractivity contribution in [1.29, 1.82) is 0 Å². The minimum Gasteiger partial charge on any atom is -0.368 e. The highest BCUT2D eigenvalue weighted by atomic mass is 15.0. The molecule has 2 aromatic rings. The Kier molecular flexibility index (Phi) is 3.52. The van der Waals surface area contributed by atoms with Gasteiger partial charge in [0.15, 0.2) is 0 Å². The van der Waals surface area contributed by atoms with E-state index in [4.69, 9.17) is 11.5 Å². The number of hydrogen-bond donors (Lipinski definition) is 3. The molecule has 0 saturated heterocycles. The van der Waals surface area contributed by atoms with E-state index in [2.05, 4.69) is 27.4 Å². The van der Waals surface area contributed by atoms with E-state index in [0.29, 0.717) is 6.54 Å². The van der Waals surface area contributed by atoms with Gasteiger partial charge in [-0.1, -0.05) is 12.1 Å². The molecule has 1 aromatic heterocycles. The van der Waals surface area contributed by atoms with Gasteiger partial charge in [-0.2, -0.15) is 0 Å². The van der Waals surface area contributed by atoms with Gasteiger partial charge in [-0.25, -0.2) is 9.97 Å². The fourth-order valence-electron chi connectivity index (χ4n) is 1.54. The van der Waals surface area contributed by atoms with Crippen molar-refractivity contribution in [2.45, 2.75) is 6.42 Å². The summed E-state index contributed by atoms with van der Waals surface area (Å²) in [5, 5.41) is 3.21. The highest BCUT2D eigenvalue weighted by Crippen LogP contribution is 2.16. The fourth-order valence-corrected chi connectivity index (χ4v) is 1.54. The molecule has 1 aromatic carbocycles. The number of hydrogen-bond acceptors (Lipinski definition) is 5. The first kappa shape index (κ1) is 11.3. The molecule has 0 aliphatic carbocycles. The van der Waals surface area contributed by atoms with Crippen molar-refractivity contribution in [2.24, 2.45) is 5.73 Å². The number of aromatic nitrogens is 2. The summed E-state index contributed by atoms with van der Waals surface area (Å²) in [6, 6.07) is 8.09. The van der Waals surface area contributed by atoms with Gasteiger partial charge < -0.3 is 16.8 Å². The monoisotopic (exact) mass is 229 g/mol. The molecule has 17 heavy (non-hydrogen) atoms. The van der Waals surface area contributed by atoms with Gasteiger partial charge in [0.05, 0.1) is 18.1 Å². The van der Waals surface area contributed by atoms with Crippen LogP contribution >= 0.6 is 0 Å². The smallest absolute Gasteiger partial charge is 0.220 e. The van der Waals surface area contributed by atoms with Gasteiger partial charge in [0, 0.05) is 5.69 Å². The number of anilines is 3. The van der Waals surface area contributed by atoms with E-state index in [1.807, 2.05) is 12.1 Å². The van der Waals surface area contributed by atoms with Gasteiger partial charge in [-0.3, -0.25) is 0 Å². The quantitative estimate of drug-likeness (QED) is 0.735. The first-order valence-electron chi connectivity index (χ1n) is 5.41. The Hall–Kier alpha value is -2.14. The van der Waals surface area contributed by atoms with E-state index in [9.17, 15) is 0 Å². The maximum absolute atomic E-state index is 5.53. The molecule has 88 valence electrons. The first-order chi connectivity index (χ1) is 8.28. The Bertz CT molecular complexity index is 481. The van der Waals surface area contributed by atoms with E-state index in [1.165, 1.54) is 5.56 Å². The Balaban J connectivity index is 2.12. The summed E-state index contributed by atoms with van der Waals surface area (Å²) in [7, 11) is 0.